The highest BCUT2D eigenvalue weighted by Crippen LogP contribution is 2.38. The van der Waals surface area contributed by atoms with Gasteiger partial charge in [0.05, 0.1) is 27.7 Å². The second-order valence-electron chi connectivity index (χ2n) is 26.3. The van der Waals surface area contributed by atoms with Crippen molar-refractivity contribution in [2.45, 2.75) is 354 Å². The van der Waals surface area contributed by atoms with Crippen molar-refractivity contribution in [3.63, 3.8) is 0 Å². The van der Waals surface area contributed by atoms with Gasteiger partial charge in [0, 0.05) is 12.8 Å². The molecule has 9 nitrogen and oxygen atoms in total. The van der Waals surface area contributed by atoms with Crippen LogP contribution in [0, 0.1) is 0 Å². The third-order valence-corrected chi connectivity index (χ3v) is 17.4. The fourth-order valence-corrected chi connectivity index (χ4v) is 11.5. The van der Waals surface area contributed by atoms with Crippen LogP contribution in [0.1, 0.15) is 348 Å². The minimum atomic E-state index is -4.65. The van der Waals surface area contributed by atoms with E-state index < -0.39 is 26.5 Å². The van der Waals surface area contributed by atoms with Gasteiger partial charge < -0.3 is 27.9 Å². The van der Waals surface area contributed by atoms with E-state index in [9.17, 15) is 19.0 Å². The van der Waals surface area contributed by atoms with Crippen molar-refractivity contribution in [3.05, 3.63) is 85.1 Å². The number of carbonyl (C=O) groups is 2. The normalized spacial score (nSPS) is 13.6. The number of rotatable bonds is 69. The van der Waals surface area contributed by atoms with Crippen molar-refractivity contribution in [2.75, 3.05) is 47.5 Å². The molecule has 0 saturated heterocycles. The smallest absolute Gasteiger partial charge is 0.306 e. The number of ether oxygens (including phenoxy) is 2. The zero-order valence-corrected chi connectivity index (χ0v) is 59.3. The van der Waals surface area contributed by atoms with E-state index in [0.29, 0.717) is 17.4 Å². The first kappa shape index (κ1) is 85.2. The summed E-state index contributed by atoms with van der Waals surface area (Å²) < 4.78 is 34.3. The Kier molecular flexibility index (Phi) is 66.4. The van der Waals surface area contributed by atoms with E-state index in [1.54, 1.807) is 0 Å². The first-order chi connectivity index (χ1) is 43.0. The molecule has 0 spiro atoms. The fourth-order valence-electron chi connectivity index (χ4n) is 10.8. The molecule has 10 heteroatoms. The van der Waals surface area contributed by atoms with E-state index in [1.165, 1.54) is 225 Å². The van der Waals surface area contributed by atoms with Gasteiger partial charge in [-0.1, -0.05) is 349 Å². The molecule has 0 heterocycles. The Bertz CT molecular complexity index is 1760. The van der Waals surface area contributed by atoms with E-state index in [-0.39, 0.29) is 32.0 Å². The van der Waals surface area contributed by atoms with Gasteiger partial charge in [-0.15, -0.1) is 0 Å². The maximum atomic E-state index is 12.9. The van der Waals surface area contributed by atoms with Crippen molar-refractivity contribution in [2.24, 2.45) is 0 Å². The Morgan fingerprint density at radius 2 is 0.648 bits per heavy atom. The quantitative estimate of drug-likeness (QED) is 0.0195. The summed E-state index contributed by atoms with van der Waals surface area (Å²) in [6, 6.07) is 0. The van der Waals surface area contributed by atoms with E-state index in [1.807, 2.05) is 21.1 Å². The van der Waals surface area contributed by atoms with Crippen LogP contribution >= 0.6 is 7.82 Å². The van der Waals surface area contributed by atoms with Gasteiger partial charge in [-0.05, 0) is 70.6 Å². The number of hydrogen-bond donors (Lipinski definition) is 0. The molecule has 0 aliphatic heterocycles. The minimum absolute atomic E-state index is 0.0355. The van der Waals surface area contributed by atoms with Crippen molar-refractivity contribution in [1.82, 2.24) is 0 Å². The molecule has 0 radical (unpaired) electrons. The number of likely N-dealkylation sites (N-methyl/N-ethyl adjacent to an activating group) is 1. The van der Waals surface area contributed by atoms with Crippen LogP contribution in [-0.4, -0.2) is 70.0 Å². The van der Waals surface area contributed by atoms with Crippen LogP contribution in [0.4, 0.5) is 0 Å². The van der Waals surface area contributed by atoms with Crippen molar-refractivity contribution in [3.8, 4) is 0 Å². The average Bonchev–Trinajstić information content (AvgIpc) is 3.68. The molecule has 88 heavy (non-hydrogen) atoms. The predicted molar refractivity (Wildman–Crippen MR) is 379 cm³/mol. The minimum Gasteiger partial charge on any atom is -0.756 e. The number of phosphoric acid groups is 1. The molecule has 0 rings (SSSR count). The highest BCUT2D eigenvalue weighted by molar-refractivity contribution is 7.45. The van der Waals surface area contributed by atoms with Gasteiger partial charge in [0.15, 0.2) is 6.10 Å². The number of phosphoric ester groups is 1. The van der Waals surface area contributed by atoms with Crippen LogP contribution in [0.25, 0.3) is 0 Å². The monoisotopic (exact) mass is 1250 g/mol. The third-order valence-electron chi connectivity index (χ3n) is 16.4. The highest BCUT2D eigenvalue weighted by Gasteiger charge is 2.22. The number of esters is 2. The van der Waals surface area contributed by atoms with Gasteiger partial charge in [0.2, 0.25) is 0 Å². The Labute approximate surface area is 545 Å². The summed E-state index contributed by atoms with van der Waals surface area (Å²) in [5, 5.41) is 0. The Hall–Kier alpha value is -2.81. The van der Waals surface area contributed by atoms with E-state index in [4.69, 9.17) is 18.5 Å². The zero-order chi connectivity index (χ0) is 64.1. The van der Waals surface area contributed by atoms with Crippen LogP contribution in [-0.2, 0) is 32.7 Å². The number of allylic oxidation sites excluding steroid dienone is 14. The molecule has 0 N–H and O–H groups in total. The Morgan fingerprint density at radius 1 is 0.364 bits per heavy atom. The molecule has 0 aromatic heterocycles. The second-order valence-corrected chi connectivity index (χ2v) is 27.7. The molecule has 0 bridgehead atoms. The highest BCUT2D eigenvalue weighted by atomic mass is 31.2. The average molecular weight is 1250 g/mol. The summed E-state index contributed by atoms with van der Waals surface area (Å²) in [6.45, 7) is 4.16. The second kappa shape index (κ2) is 68.6. The fraction of sp³-hybridized carbons (Fsp3) is 0.795. The summed E-state index contributed by atoms with van der Waals surface area (Å²) in [6.07, 6.45) is 94.0. The van der Waals surface area contributed by atoms with E-state index in [2.05, 4.69) is 98.9 Å². The Morgan fingerprint density at radius 3 is 0.966 bits per heavy atom. The number of hydrogen-bond acceptors (Lipinski definition) is 8. The third kappa shape index (κ3) is 72.3. The summed E-state index contributed by atoms with van der Waals surface area (Å²) in [5.74, 6) is -0.836. The topological polar surface area (TPSA) is 111 Å². The lowest BCUT2D eigenvalue weighted by Crippen LogP contribution is -2.37. The van der Waals surface area contributed by atoms with Crippen LogP contribution in [0.3, 0.4) is 0 Å². The first-order valence-corrected chi connectivity index (χ1v) is 38.8. The lowest BCUT2D eigenvalue weighted by molar-refractivity contribution is -0.870. The van der Waals surface area contributed by atoms with Gasteiger partial charge >= 0.3 is 11.9 Å². The molecule has 0 saturated carbocycles. The number of nitrogens with zero attached hydrogens (tertiary/aromatic N) is 1. The van der Waals surface area contributed by atoms with Crippen LogP contribution in [0.2, 0.25) is 0 Å². The number of unbranched alkanes of at least 4 members (excludes halogenated alkanes) is 41. The molecule has 0 aliphatic carbocycles. The lowest BCUT2D eigenvalue weighted by atomic mass is 10.0. The molecular weight excluding hydrogens is 1110 g/mol. The van der Waals surface area contributed by atoms with Gasteiger partial charge in [0.25, 0.3) is 7.82 Å². The molecule has 0 aromatic carbocycles. The van der Waals surface area contributed by atoms with Crippen LogP contribution < -0.4 is 4.89 Å². The van der Waals surface area contributed by atoms with Gasteiger partial charge in [-0.2, -0.15) is 0 Å². The Balaban J connectivity index is 4.00. The van der Waals surface area contributed by atoms with E-state index in [0.717, 1.165) is 89.9 Å². The first-order valence-electron chi connectivity index (χ1n) is 37.3. The molecule has 2 atom stereocenters. The standard InChI is InChI=1S/C78H142NO8P/c1-6-8-10-12-14-16-18-20-22-24-26-28-30-32-34-36-37-38-39-40-41-43-44-46-48-50-52-54-56-58-60-62-64-66-68-70-77(80)84-74-76(75-86-88(82,83)85-73-72-79(3,4)5)87-78(81)71-69-67-65-63-61-59-57-55-53-51-49-47-45-42-35-33-31-29-27-25-23-21-19-17-15-13-11-9-7-2/h9,11,15,17,21,23,27,29,33,35,45,47,51,53,76H,6-8,10,12-14,16,18-20,22,24-26,28,30-32,34,36-44,46,48-50,52,54-75H2,1-5H3/b11-9-,17-15-,23-21-,29-27-,35-33-,47-45-,53-51-. The number of carbonyl (C=O) groups excluding carboxylic acids is 2. The van der Waals surface area contributed by atoms with E-state index >= 15 is 0 Å². The zero-order valence-electron chi connectivity index (χ0n) is 58.4. The molecule has 512 valence electrons. The van der Waals surface area contributed by atoms with Gasteiger partial charge in [-0.25, -0.2) is 0 Å². The van der Waals surface area contributed by atoms with Crippen molar-refractivity contribution in [1.29, 1.82) is 0 Å². The van der Waals surface area contributed by atoms with Crippen molar-refractivity contribution >= 4 is 19.8 Å². The SMILES string of the molecule is CC/C=C\C/C=C\C/C=C\C/C=C\C/C=C\C/C=C\C/C=C\CCCCCCCCCC(=O)OC(COC(=O)CCCCCCCCCCCCCCCCCCCCCCCCCCCCCCCCCCCCC)COP(=O)([O-])OCC[N+](C)(C)C. The summed E-state index contributed by atoms with van der Waals surface area (Å²) >= 11 is 0. The van der Waals surface area contributed by atoms with Gasteiger partial charge in [-0.3, -0.25) is 14.2 Å². The molecule has 0 aliphatic rings. The molecule has 2 unspecified atom stereocenters. The molecular formula is C78H142NO8P. The number of quaternary nitrogens is 1. The summed E-state index contributed by atoms with van der Waals surface area (Å²) in [4.78, 5) is 38.1. The maximum Gasteiger partial charge on any atom is 0.306 e. The lowest BCUT2D eigenvalue weighted by Gasteiger charge is -2.28. The summed E-state index contributed by atoms with van der Waals surface area (Å²) in [7, 11) is 1.16. The van der Waals surface area contributed by atoms with Crippen LogP contribution in [0.15, 0.2) is 85.1 Å². The molecule has 0 amide bonds. The molecule has 0 aromatic rings. The largest absolute Gasteiger partial charge is 0.756 e. The van der Waals surface area contributed by atoms with Gasteiger partial charge in [0.1, 0.15) is 19.8 Å². The maximum absolute atomic E-state index is 12.9. The summed E-state index contributed by atoms with van der Waals surface area (Å²) in [5.41, 5.74) is 0. The van der Waals surface area contributed by atoms with Crippen LogP contribution in [0.5, 0.6) is 0 Å². The predicted octanol–water partition coefficient (Wildman–Crippen LogP) is 23.9. The molecule has 0 fully saturated rings. The van der Waals surface area contributed by atoms with Crippen molar-refractivity contribution < 1.29 is 42.1 Å².